The molecule has 0 spiro atoms. The summed E-state index contributed by atoms with van der Waals surface area (Å²) in [7, 11) is 0. The van der Waals surface area contributed by atoms with E-state index in [4.69, 9.17) is 11.6 Å². The van der Waals surface area contributed by atoms with Crippen LogP contribution in [0, 0.1) is 0 Å². The summed E-state index contributed by atoms with van der Waals surface area (Å²) >= 11 is 14.3. The monoisotopic (exact) mass is 353 g/mol. The maximum absolute atomic E-state index is 12.9. The summed E-state index contributed by atoms with van der Waals surface area (Å²) in [5, 5.41) is 0. The van der Waals surface area contributed by atoms with Crippen molar-refractivity contribution in [3.05, 3.63) is 56.2 Å². The lowest BCUT2D eigenvalue weighted by Crippen LogP contribution is -1.99. The quantitative estimate of drug-likeness (QED) is 0.410. The van der Waals surface area contributed by atoms with Crippen molar-refractivity contribution in [2.75, 3.05) is 0 Å². The van der Waals surface area contributed by atoms with Crippen LogP contribution in [0.15, 0.2) is 56.2 Å². The molecule has 0 aromatic rings. The van der Waals surface area contributed by atoms with Gasteiger partial charge in [0.2, 0.25) is 0 Å². The highest BCUT2D eigenvalue weighted by molar-refractivity contribution is 9.11. The van der Waals surface area contributed by atoms with Gasteiger partial charge in [-0.15, -0.1) is 12.6 Å². The molecule has 1 rings (SSSR count). The number of thiol groups is 1. The number of hydrogen-bond acceptors (Lipinski definition) is 3. The molecule has 0 aliphatic heterocycles. The Morgan fingerprint density at radius 3 is 3.00 bits per heavy atom. The van der Waals surface area contributed by atoms with E-state index in [0.29, 0.717) is 6.42 Å². The van der Waals surface area contributed by atoms with Gasteiger partial charge in [0.15, 0.2) is 0 Å². The van der Waals surface area contributed by atoms with Crippen LogP contribution in [0.1, 0.15) is 6.42 Å². The summed E-state index contributed by atoms with van der Waals surface area (Å²) in [5.41, 5.74) is 2.24. The first-order valence-electron chi connectivity index (χ1n) is 4.65. The molecule has 1 aliphatic rings. The van der Waals surface area contributed by atoms with Gasteiger partial charge in [0, 0.05) is 15.7 Å². The van der Waals surface area contributed by atoms with Crippen LogP contribution in [-0.2, 0) is 0 Å². The van der Waals surface area contributed by atoms with Crippen LogP contribution in [0.5, 0.6) is 0 Å². The molecule has 0 aromatic heterocycles. The summed E-state index contributed by atoms with van der Waals surface area (Å²) < 4.78 is 17.4. The predicted octanol–water partition coefficient (Wildman–Crippen LogP) is 5.17. The first kappa shape index (κ1) is 15.0. The van der Waals surface area contributed by atoms with Crippen LogP contribution in [0.3, 0.4) is 0 Å². The number of rotatable bonds is 4. The molecule has 0 amide bonds. The molecule has 0 unspecified atom stereocenters. The Balaban J connectivity index is 2.50. The highest BCUT2D eigenvalue weighted by Crippen LogP contribution is 2.23. The third-order valence-corrected chi connectivity index (χ3v) is 3.74. The van der Waals surface area contributed by atoms with Crippen molar-refractivity contribution in [2.45, 2.75) is 6.42 Å². The SMILES string of the molecule is FC1=CCC=C(NS/C(S)=C/C(Br)=C/Cl)C=C1. The van der Waals surface area contributed by atoms with Crippen LogP contribution in [0.2, 0.25) is 0 Å². The Morgan fingerprint density at radius 2 is 2.29 bits per heavy atom. The number of nitrogens with one attached hydrogen (secondary N) is 1. The fourth-order valence-electron chi connectivity index (χ4n) is 0.970. The normalized spacial score (nSPS) is 17.4. The number of hydrogen-bond donors (Lipinski definition) is 2. The molecule has 1 nitrogen and oxygen atoms in total. The Bertz CT molecular complexity index is 427. The minimum atomic E-state index is -0.225. The minimum absolute atomic E-state index is 0.225. The zero-order chi connectivity index (χ0) is 12.7. The van der Waals surface area contributed by atoms with E-state index in [1.165, 1.54) is 29.6 Å². The Hall–Kier alpha value is -0.100. The molecule has 0 bridgehead atoms. The van der Waals surface area contributed by atoms with Gasteiger partial charge in [-0.3, -0.25) is 0 Å². The highest BCUT2D eigenvalue weighted by atomic mass is 79.9. The standard InChI is InChI=1S/C11H10BrClFNS2/c12-8(7-13)6-11(16)17-15-10-3-1-2-9(14)4-5-10/h2-7,15-16H,1H2/b8-7-,11-6+. The van der Waals surface area contributed by atoms with Crippen LogP contribution in [0.25, 0.3) is 0 Å². The van der Waals surface area contributed by atoms with Crippen LogP contribution in [0.4, 0.5) is 4.39 Å². The summed E-state index contributed by atoms with van der Waals surface area (Å²) in [5.74, 6) is -0.225. The van der Waals surface area contributed by atoms with E-state index in [0.717, 1.165) is 14.4 Å². The van der Waals surface area contributed by atoms with Crippen molar-refractivity contribution in [3.63, 3.8) is 0 Å². The smallest absolute Gasteiger partial charge is 0.119 e. The lowest BCUT2D eigenvalue weighted by atomic mass is 10.3. The molecule has 0 saturated heterocycles. The van der Waals surface area contributed by atoms with Crippen LogP contribution >= 0.6 is 52.1 Å². The zero-order valence-electron chi connectivity index (χ0n) is 8.66. The van der Waals surface area contributed by atoms with E-state index in [1.54, 1.807) is 12.2 Å². The zero-order valence-corrected chi connectivity index (χ0v) is 12.7. The van der Waals surface area contributed by atoms with E-state index in [9.17, 15) is 4.39 Å². The molecule has 92 valence electrons. The van der Waals surface area contributed by atoms with Crippen LogP contribution in [-0.4, -0.2) is 0 Å². The van der Waals surface area contributed by atoms with E-state index < -0.39 is 0 Å². The van der Waals surface area contributed by atoms with Crippen molar-refractivity contribution in [1.82, 2.24) is 4.72 Å². The topological polar surface area (TPSA) is 12.0 Å². The second-order valence-corrected chi connectivity index (χ2v) is 5.76. The van der Waals surface area contributed by atoms with E-state index in [-0.39, 0.29) is 5.83 Å². The maximum Gasteiger partial charge on any atom is 0.119 e. The van der Waals surface area contributed by atoms with Crippen molar-refractivity contribution < 1.29 is 4.39 Å². The van der Waals surface area contributed by atoms with Gasteiger partial charge in [0.05, 0.1) is 4.24 Å². The van der Waals surface area contributed by atoms with E-state index >= 15 is 0 Å². The fourth-order valence-corrected chi connectivity index (χ4v) is 2.43. The summed E-state index contributed by atoms with van der Waals surface area (Å²) in [6.45, 7) is 0. The third kappa shape index (κ3) is 6.41. The summed E-state index contributed by atoms with van der Waals surface area (Å²) in [6, 6.07) is 0. The Kier molecular flexibility index (Phi) is 7.11. The molecule has 0 fully saturated rings. The lowest BCUT2D eigenvalue weighted by molar-refractivity contribution is 0.663. The largest absolute Gasteiger partial charge is 0.326 e. The average Bonchev–Trinajstić information content (AvgIpc) is 2.51. The molecule has 17 heavy (non-hydrogen) atoms. The summed E-state index contributed by atoms with van der Waals surface area (Å²) in [4.78, 5) is 0. The maximum atomic E-state index is 12.9. The Morgan fingerprint density at radius 1 is 1.53 bits per heavy atom. The number of halogens is 3. The van der Waals surface area contributed by atoms with Crippen molar-refractivity contribution in [3.8, 4) is 0 Å². The fraction of sp³-hybridized carbons (Fsp3) is 0.0909. The van der Waals surface area contributed by atoms with Gasteiger partial charge >= 0.3 is 0 Å². The van der Waals surface area contributed by atoms with Crippen molar-refractivity contribution >= 4 is 52.1 Å². The summed E-state index contributed by atoms with van der Waals surface area (Å²) in [6.07, 6.45) is 8.83. The predicted molar refractivity (Wildman–Crippen MR) is 81.7 cm³/mol. The molecule has 0 aromatic carbocycles. The molecule has 0 saturated carbocycles. The molecule has 0 atom stereocenters. The molecule has 0 radical (unpaired) electrons. The molecule has 1 N–H and O–H groups in total. The second kappa shape index (κ2) is 8.08. The first-order chi connectivity index (χ1) is 8.11. The number of allylic oxidation sites excluding steroid dienone is 7. The van der Waals surface area contributed by atoms with E-state index in [1.807, 2.05) is 6.08 Å². The molecule has 0 heterocycles. The molecular weight excluding hydrogens is 345 g/mol. The van der Waals surface area contributed by atoms with Crippen LogP contribution < -0.4 is 4.72 Å². The second-order valence-electron chi connectivity index (χ2n) is 3.00. The van der Waals surface area contributed by atoms with E-state index in [2.05, 4.69) is 33.3 Å². The lowest BCUT2D eigenvalue weighted by Gasteiger charge is -2.05. The molecule has 6 heteroatoms. The van der Waals surface area contributed by atoms with Gasteiger partial charge < -0.3 is 4.72 Å². The van der Waals surface area contributed by atoms with Gasteiger partial charge in [-0.25, -0.2) is 4.39 Å². The van der Waals surface area contributed by atoms with Crippen molar-refractivity contribution in [1.29, 1.82) is 0 Å². The van der Waals surface area contributed by atoms with Gasteiger partial charge in [0.25, 0.3) is 0 Å². The van der Waals surface area contributed by atoms with Crippen molar-refractivity contribution in [2.24, 2.45) is 0 Å². The average molecular weight is 355 g/mol. The van der Waals surface area contributed by atoms with Gasteiger partial charge in [0.1, 0.15) is 5.83 Å². The van der Waals surface area contributed by atoms with Gasteiger partial charge in [-0.1, -0.05) is 17.7 Å². The molecule has 1 aliphatic carbocycles. The Labute approximate surface area is 123 Å². The van der Waals surface area contributed by atoms with Gasteiger partial charge in [-0.05, 0) is 58.6 Å². The first-order valence-corrected chi connectivity index (χ1v) is 7.14. The molecular formula is C11H10BrClFNS2. The third-order valence-electron chi connectivity index (χ3n) is 1.71. The highest BCUT2D eigenvalue weighted by Gasteiger charge is 1.99. The minimum Gasteiger partial charge on any atom is -0.326 e. The van der Waals surface area contributed by atoms with Gasteiger partial charge in [-0.2, -0.15) is 0 Å².